The molecule has 0 aromatic heterocycles. The molecule has 12 heteroatoms. The zero-order valence-electron chi connectivity index (χ0n) is 17.8. The van der Waals surface area contributed by atoms with Crippen molar-refractivity contribution < 1.29 is 38.2 Å². The first-order chi connectivity index (χ1) is 15.3. The molecule has 174 valence electrons. The lowest BCUT2D eigenvalue weighted by molar-refractivity contribution is -0.147. The molecule has 1 saturated heterocycles. The van der Waals surface area contributed by atoms with Crippen molar-refractivity contribution in [2.45, 2.75) is 13.8 Å². The zero-order valence-corrected chi connectivity index (χ0v) is 18.6. The minimum atomic E-state index is -0.800. The summed E-state index contributed by atoms with van der Waals surface area (Å²) in [4.78, 5) is 59.8. The summed E-state index contributed by atoms with van der Waals surface area (Å²) in [6.07, 6.45) is 0. The quantitative estimate of drug-likeness (QED) is 0.422. The average molecular weight is 468 g/mol. The number of ether oxygens (including phenoxy) is 3. The van der Waals surface area contributed by atoms with Crippen LogP contribution >= 0.6 is 11.8 Å². The lowest BCUT2D eigenvalue weighted by Gasteiger charge is -2.13. The Labute approximate surface area is 189 Å². The minimum absolute atomic E-state index is 0.0467. The first-order valence-electron chi connectivity index (χ1n) is 9.93. The Morgan fingerprint density at radius 1 is 1.06 bits per heavy atom. The third-order valence-corrected chi connectivity index (χ3v) is 4.92. The molecule has 0 aliphatic carbocycles. The predicted octanol–water partition coefficient (Wildman–Crippen LogP) is 0.569. The summed E-state index contributed by atoms with van der Waals surface area (Å²) in [7, 11) is 0. The maximum Gasteiger partial charge on any atom is 0.325 e. The van der Waals surface area contributed by atoms with Crippen LogP contribution in [0.3, 0.4) is 0 Å². The molecule has 0 radical (unpaired) electrons. The largest absolute Gasteiger partial charge is 0.490 e. The molecule has 1 fully saturated rings. The number of nitrogens with zero attached hydrogens (tertiary/aromatic N) is 1. The lowest BCUT2D eigenvalue weighted by Crippen LogP contribution is -2.39. The number of amides is 4. The molecule has 0 bridgehead atoms. The monoisotopic (exact) mass is 467 g/mol. The van der Waals surface area contributed by atoms with E-state index in [4.69, 9.17) is 14.2 Å². The molecular formula is C20H25N3O8S. The molecular weight excluding hydrogens is 442 g/mol. The highest BCUT2D eigenvalue weighted by atomic mass is 32.2. The van der Waals surface area contributed by atoms with Crippen LogP contribution in [-0.2, 0) is 19.1 Å². The van der Waals surface area contributed by atoms with Gasteiger partial charge in [-0.3, -0.25) is 28.9 Å². The van der Waals surface area contributed by atoms with Crippen LogP contribution in [0.4, 0.5) is 4.79 Å². The molecule has 11 nitrogen and oxygen atoms in total. The molecule has 0 atom stereocenters. The highest BCUT2D eigenvalue weighted by molar-refractivity contribution is 8.14. The predicted molar refractivity (Wildman–Crippen MR) is 115 cm³/mol. The van der Waals surface area contributed by atoms with Gasteiger partial charge in [-0.25, -0.2) is 0 Å². The minimum Gasteiger partial charge on any atom is -0.490 e. The topological polar surface area (TPSA) is 140 Å². The number of imide groups is 1. The van der Waals surface area contributed by atoms with Gasteiger partial charge in [0.1, 0.15) is 6.54 Å². The molecule has 32 heavy (non-hydrogen) atoms. The lowest BCUT2D eigenvalue weighted by atomic mass is 10.2. The number of carbonyl (C=O) groups excluding carboxylic acids is 5. The summed E-state index contributed by atoms with van der Waals surface area (Å²) in [6.45, 7) is 3.58. The van der Waals surface area contributed by atoms with Crippen LogP contribution in [0.5, 0.6) is 11.5 Å². The molecule has 1 aliphatic heterocycles. The van der Waals surface area contributed by atoms with Gasteiger partial charge in [-0.15, -0.1) is 0 Å². The van der Waals surface area contributed by atoms with E-state index in [1.807, 2.05) is 6.92 Å². The Balaban J connectivity index is 1.71. The van der Waals surface area contributed by atoms with Gasteiger partial charge >= 0.3 is 5.97 Å². The molecule has 1 aliphatic rings. The fraction of sp³-hybridized carbons (Fsp3) is 0.450. The smallest absolute Gasteiger partial charge is 0.325 e. The molecule has 4 amide bonds. The van der Waals surface area contributed by atoms with Gasteiger partial charge in [0.25, 0.3) is 17.1 Å². The summed E-state index contributed by atoms with van der Waals surface area (Å²) < 4.78 is 15.7. The Hall–Kier alpha value is -3.28. The third kappa shape index (κ3) is 7.45. The van der Waals surface area contributed by atoms with Crippen molar-refractivity contribution in [3.8, 4) is 11.5 Å². The van der Waals surface area contributed by atoms with Crippen LogP contribution in [0.2, 0.25) is 0 Å². The van der Waals surface area contributed by atoms with Crippen molar-refractivity contribution in [1.82, 2.24) is 15.5 Å². The van der Waals surface area contributed by atoms with E-state index in [0.29, 0.717) is 24.7 Å². The van der Waals surface area contributed by atoms with E-state index in [1.165, 1.54) is 12.1 Å². The van der Waals surface area contributed by atoms with E-state index in [1.54, 1.807) is 13.0 Å². The highest BCUT2D eigenvalue weighted by Gasteiger charge is 2.29. The van der Waals surface area contributed by atoms with Crippen molar-refractivity contribution in [3.63, 3.8) is 0 Å². The fourth-order valence-electron chi connectivity index (χ4n) is 2.60. The van der Waals surface area contributed by atoms with Crippen LogP contribution in [0.25, 0.3) is 0 Å². The molecule has 0 unspecified atom stereocenters. The number of nitrogens with one attached hydrogen (secondary N) is 2. The third-order valence-electron chi connectivity index (χ3n) is 4.06. The molecule has 2 N–H and O–H groups in total. The van der Waals surface area contributed by atoms with Gasteiger partial charge in [-0.05, 0) is 32.0 Å². The summed E-state index contributed by atoms with van der Waals surface area (Å²) in [6, 6.07) is 4.65. The van der Waals surface area contributed by atoms with Gasteiger partial charge in [-0.1, -0.05) is 11.8 Å². The van der Waals surface area contributed by atoms with Gasteiger partial charge in [-0.2, -0.15) is 0 Å². The maximum atomic E-state index is 12.3. The van der Waals surface area contributed by atoms with Gasteiger partial charge in [0.05, 0.1) is 19.0 Å². The Morgan fingerprint density at radius 2 is 1.78 bits per heavy atom. The highest BCUT2D eigenvalue weighted by Crippen LogP contribution is 2.28. The van der Waals surface area contributed by atoms with Crippen molar-refractivity contribution in [2.24, 2.45) is 0 Å². The number of hydrogen-bond donors (Lipinski definition) is 2. The summed E-state index contributed by atoms with van der Waals surface area (Å²) >= 11 is 0.906. The number of esters is 1. The van der Waals surface area contributed by atoms with E-state index in [0.717, 1.165) is 16.7 Å². The van der Waals surface area contributed by atoms with Crippen molar-refractivity contribution in [3.05, 3.63) is 23.8 Å². The van der Waals surface area contributed by atoms with Crippen LogP contribution in [0.1, 0.15) is 24.2 Å². The molecule has 0 spiro atoms. The first-order valence-corrected chi connectivity index (χ1v) is 10.9. The van der Waals surface area contributed by atoms with E-state index in [9.17, 15) is 24.0 Å². The SMILES string of the molecule is CCOc1ccc(C(=O)NCC(=O)OCC(=O)NCCN2C(=O)CSC2=O)cc1OCC. The van der Waals surface area contributed by atoms with Crippen LogP contribution in [-0.4, -0.2) is 79.0 Å². The second kappa shape index (κ2) is 12.5. The fourth-order valence-corrected chi connectivity index (χ4v) is 3.35. The van der Waals surface area contributed by atoms with Gasteiger partial charge in [0.15, 0.2) is 18.1 Å². The number of benzene rings is 1. The van der Waals surface area contributed by atoms with Crippen molar-refractivity contribution >= 4 is 40.7 Å². The molecule has 0 saturated carbocycles. The normalized spacial score (nSPS) is 13.0. The summed E-state index contributed by atoms with van der Waals surface area (Å²) in [5, 5.41) is 4.50. The molecule has 2 rings (SSSR count). The number of rotatable bonds is 12. The Morgan fingerprint density at radius 3 is 2.44 bits per heavy atom. The molecule has 1 aromatic carbocycles. The number of thioether (sulfide) groups is 1. The average Bonchev–Trinajstić information content (AvgIpc) is 3.09. The first kappa shape index (κ1) is 25.0. The summed E-state index contributed by atoms with van der Waals surface area (Å²) in [5.41, 5.74) is 0.270. The molecule has 1 heterocycles. The molecule has 1 aromatic rings. The standard InChI is InChI=1S/C20H25N3O8S/c1-3-29-14-6-5-13(9-15(14)30-4-2)19(27)22-10-18(26)31-11-16(24)21-7-8-23-17(25)12-32-20(23)28/h5-6,9H,3-4,7-8,10-12H2,1-2H3,(H,21,24)(H,22,27). The van der Waals surface area contributed by atoms with E-state index < -0.39 is 30.9 Å². The Kier molecular flexibility index (Phi) is 9.79. The van der Waals surface area contributed by atoms with Gasteiger partial charge < -0.3 is 24.8 Å². The van der Waals surface area contributed by atoms with E-state index >= 15 is 0 Å². The van der Waals surface area contributed by atoms with Crippen LogP contribution in [0, 0.1) is 0 Å². The second-order valence-electron chi connectivity index (χ2n) is 6.32. The van der Waals surface area contributed by atoms with Crippen molar-refractivity contribution in [2.75, 3.05) is 45.2 Å². The van der Waals surface area contributed by atoms with Crippen molar-refractivity contribution in [1.29, 1.82) is 0 Å². The van der Waals surface area contributed by atoms with E-state index in [2.05, 4.69) is 10.6 Å². The number of hydrogen-bond acceptors (Lipinski definition) is 9. The second-order valence-corrected chi connectivity index (χ2v) is 7.25. The van der Waals surface area contributed by atoms with E-state index in [-0.39, 0.29) is 35.6 Å². The number of carbonyl (C=O) groups is 5. The summed E-state index contributed by atoms with van der Waals surface area (Å²) in [5.74, 6) is -1.20. The van der Waals surface area contributed by atoms with Gasteiger partial charge in [0.2, 0.25) is 5.91 Å². The zero-order chi connectivity index (χ0) is 23.5. The van der Waals surface area contributed by atoms with Crippen LogP contribution < -0.4 is 20.1 Å². The maximum absolute atomic E-state index is 12.3. The van der Waals surface area contributed by atoms with Gasteiger partial charge in [0, 0.05) is 18.7 Å². The van der Waals surface area contributed by atoms with Crippen LogP contribution in [0.15, 0.2) is 18.2 Å². The Bertz CT molecular complexity index is 860.